The molecule has 0 saturated heterocycles. The Morgan fingerprint density at radius 3 is 2.71 bits per heavy atom. The second kappa shape index (κ2) is 8.74. The van der Waals surface area contributed by atoms with Crippen LogP contribution in [0.25, 0.3) is 0 Å². The number of thioether (sulfide) groups is 1. The number of hydrogen-bond donors (Lipinski definition) is 2. The van der Waals surface area contributed by atoms with Gasteiger partial charge in [-0.1, -0.05) is 29.2 Å². The average Bonchev–Trinajstić information content (AvgIpc) is 2.99. The topological polar surface area (TPSA) is 99.4 Å². The van der Waals surface area contributed by atoms with E-state index in [1.54, 1.807) is 14.2 Å². The van der Waals surface area contributed by atoms with Crippen molar-refractivity contribution in [1.29, 1.82) is 0 Å². The van der Waals surface area contributed by atoms with E-state index >= 15 is 0 Å². The van der Waals surface area contributed by atoms with Crippen molar-refractivity contribution >= 4 is 34.1 Å². The molecule has 130 valence electrons. The van der Waals surface area contributed by atoms with E-state index < -0.39 is 0 Å². The number of methoxy groups -OCH3 is 2. The van der Waals surface area contributed by atoms with E-state index in [4.69, 9.17) is 15.2 Å². The highest BCUT2D eigenvalue weighted by molar-refractivity contribution is 8.02. The maximum absolute atomic E-state index is 12.1. The molecule has 1 atom stereocenters. The number of carbonyl (C=O) groups excluding carboxylic acids is 1. The first-order valence-corrected chi connectivity index (χ1v) is 8.97. The first-order valence-electron chi connectivity index (χ1n) is 7.27. The highest BCUT2D eigenvalue weighted by Crippen LogP contribution is 2.28. The van der Waals surface area contributed by atoms with Crippen molar-refractivity contribution in [3.8, 4) is 11.5 Å². The van der Waals surface area contributed by atoms with Gasteiger partial charge in [0.05, 0.1) is 19.5 Å². The molecule has 0 radical (unpaired) electrons. The number of nitrogens with two attached hydrogens (primary N) is 1. The smallest absolute Gasteiger partial charge is 0.233 e. The highest BCUT2D eigenvalue weighted by atomic mass is 32.2. The largest absolute Gasteiger partial charge is 0.493 e. The molecule has 7 nitrogen and oxygen atoms in total. The molecule has 3 N–H and O–H groups in total. The van der Waals surface area contributed by atoms with Gasteiger partial charge in [0.25, 0.3) is 0 Å². The third kappa shape index (κ3) is 5.00. The minimum atomic E-state index is -0.261. The van der Waals surface area contributed by atoms with Crippen LogP contribution in [-0.2, 0) is 11.2 Å². The van der Waals surface area contributed by atoms with E-state index in [9.17, 15) is 4.79 Å². The number of ether oxygens (including phenoxy) is 2. The van der Waals surface area contributed by atoms with Crippen molar-refractivity contribution < 1.29 is 14.3 Å². The molecule has 0 unspecified atom stereocenters. The summed E-state index contributed by atoms with van der Waals surface area (Å²) in [6, 6.07) is 5.72. The summed E-state index contributed by atoms with van der Waals surface area (Å²) < 4.78 is 11.2. The van der Waals surface area contributed by atoms with E-state index in [0.29, 0.717) is 33.9 Å². The maximum atomic E-state index is 12.1. The van der Waals surface area contributed by atoms with Gasteiger partial charge in [0.1, 0.15) is 0 Å². The van der Waals surface area contributed by atoms with Crippen LogP contribution in [0.1, 0.15) is 12.5 Å². The van der Waals surface area contributed by atoms with Crippen LogP contribution < -0.4 is 20.5 Å². The van der Waals surface area contributed by atoms with E-state index in [1.165, 1.54) is 23.1 Å². The number of nitrogen functional groups attached to an aromatic ring is 1. The quantitative estimate of drug-likeness (QED) is 0.687. The summed E-state index contributed by atoms with van der Waals surface area (Å²) in [5.74, 6) is 1.32. The van der Waals surface area contributed by atoms with Crippen molar-refractivity contribution in [3.05, 3.63) is 23.8 Å². The van der Waals surface area contributed by atoms with Crippen LogP contribution in [-0.4, -0.2) is 42.1 Å². The van der Waals surface area contributed by atoms with Crippen LogP contribution in [0.15, 0.2) is 22.5 Å². The molecule has 1 aromatic heterocycles. The van der Waals surface area contributed by atoms with Gasteiger partial charge >= 0.3 is 0 Å². The first kappa shape index (κ1) is 18.3. The summed E-state index contributed by atoms with van der Waals surface area (Å²) in [5.41, 5.74) is 6.59. The number of nitrogens with one attached hydrogen (secondary N) is 1. The number of aromatic nitrogens is 2. The minimum Gasteiger partial charge on any atom is -0.493 e. The summed E-state index contributed by atoms with van der Waals surface area (Å²) >= 11 is 2.62. The number of benzene rings is 1. The van der Waals surface area contributed by atoms with Gasteiger partial charge in [-0.2, -0.15) is 0 Å². The summed E-state index contributed by atoms with van der Waals surface area (Å²) in [4.78, 5) is 12.1. The molecular formula is C15H20N4O3S2. The monoisotopic (exact) mass is 368 g/mol. The molecule has 0 fully saturated rings. The highest BCUT2D eigenvalue weighted by Gasteiger charge is 2.16. The molecule has 0 aliphatic heterocycles. The number of amides is 1. The van der Waals surface area contributed by atoms with E-state index in [-0.39, 0.29) is 11.2 Å². The number of rotatable bonds is 8. The van der Waals surface area contributed by atoms with Crippen LogP contribution in [0.3, 0.4) is 0 Å². The molecule has 24 heavy (non-hydrogen) atoms. The predicted octanol–water partition coefficient (Wildman–Crippen LogP) is 1.98. The number of carbonyl (C=O) groups is 1. The van der Waals surface area contributed by atoms with Gasteiger partial charge in [-0.15, -0.1) is 10.2 Å². The minimum absolute atomic E-state index is 0.0470. The van der Waals surface area contributed by atoms with Crippen LogP contribution in [0.4, 0.5) is 5.13 Å². The molecule has 1 aromatic carbocycles. The maximum Gasteiger partial charge on any atom is 0.233 e. The molecular weight excluding hydrogens is 348 g/mol. The molecule has 0 spiro atoms. The second-order valence-corrected chi connectivity index (χ2v) is 7.49. The summed E-state index contributed by atoms with van der Waals surface area (Å²) in [6.45, 7) is 2.37. The Morgan fingerprint density at radius 2 is 2.08 bits per heavy atom. The van der Waals surface area contributed by atoms with Crippen molar-refractivity contribution in [3.63, 3.8) is 0 Å². The lowest BCUT2D eigenvalue weighted by Gasteiger charge is -2.12. The van der Waals surface area contributed by atoms with Gasteiger partial charge in [-0.25, -0.2) is 0 Å². The number of hydrogen-bond acceptors (Lipinski definition) is 8. The zero-order valence-electron chi connectivity index (χ0n) is 13.7. The Bertz CT molecular complexity index is 693. The second-order valence-electron chi connectivity index (χ2n) is 4.90. The first-order chi connectivity index (χ1) is 11.5. The Kier molecular flexibility index (Phi) is 6.68. The lowest BCUT2D eigenvalue weighted by Crippen LogP contribution is -2.32. The van der Waals surface area contributed by atoms with Crippen LogP contribution in [0, 0.1) is 0 Å². The summed E-state index contributed by atoms with van der Waals surface area (Å²) in [5, 5.41) is 10.7. The normalized spacial score (nSPS) is 11.8. The van der Waals surface area contributed by atoms with E-state index in [2.05, 4.69) is 15.5 Å². The summed E-state index contributed by atoms with van der Waals surface area (Å²) in [6.07, 6.45) is 0.704. The van der Waals surface area contributed by atoms with Crippen molar-refractivity contribution in [2.24, 2.45) is 0 Å². The van der Waals surface area contributed by atoms with Gasteiger partial charge in [-0.3, -0.25) is 4.79 Å². The van der Waals surface area contributed by atoms with Crippen LogP contribution in [0.5, 0.6) is 11.5 Å². The number of nitrogens with zero attached hydrogens (tertiary/aromatic N) is 2. The van der Waals surface area contributed by atoms with Gasteiger partial charge < -0.3 is 20.5 Å². The summed E-state index contributed by atoms with van der Waals surface area (Å²) in [7, 11) is 3.20. The molecule has 0 bridgehead atoms. The zero-order chi connectivity index (χ0) is 17.5. The fourth-order valence-corrected chi connectivity index (χ4v) is 3.79. The Morgan fingerprint density at radius 1 is 1.33 bits per heavy atom. The Hall–Kier alpha value is -2.00. The molecule has 9 heteroatoms. The van der Waals surface area contributed by atoms with Gasteiger partial charge in [0.15, 0.2) is 15.8 Å². The average molecular weight is 368 g/mol. The van der Waals surface area contributed by atoms with Crippen LogP contribution in [0.2, 0.25) is 0 Å². The van der Waals surface area contributed by atoms with Crippen molar-refractivity contribution in [1.82, 2.24) is 15.5 Å². The fourth-order valence-electron chi connectivity index (χ4n) is 1.98. The molecule has 2 rings (SSSR count). The molecule has 2 aromatic rings. The third-order valence-corrected chi connectivity index (χ3v) is 5.17. The van der Waals surface area contributed by atoms with E-state index in [1.807, 2.05) is 25.1 Å². The van der Waals surface area contributed by atoms with Gasteiger partial charge in [0, 0.05) is 6.54 Å². The van der Waals surface area contributed by atoms with Gasteiger partial charge in [0.2, 0.25) is 11.0 Å². The van der Waals surface area contributed by atoms with Crippen molar-refractivity contribution in [2.75, 3.05) is 26.5 Å². The molecule has 1 amide bonds. The predicted molar refractivity (Wildman–Crippen MR) is 95.9 cm³/mol. The Balaban J connectivity index is 1.81. The molecule has 0 saturated carbocycles. The zero-order valence-corrected chi connectivity index (χ0v) is 15.4. The molecule has 0 aliphatic rings. The lowest BCUT2D eigenvalue weighted by atomic mass is 10.1. The molecule has 0 aliphatic carbocycles. The SMILES string of the molecule is COc1ccc(CCNC(=O)[C@H](C)Sc2nnc(N)s2)cc1OC. The lowest BCUT2D eigenvalue weighted by molar-refractivity contribution is -0.120. The van der Waals surface area contributed by atoms with E-state index in [0.717, 1.165) is 5.56 Å². The van der Waals surface area contributed by atoms with Crippen LogP contribution >= 0.6 is 23.1 Å². The fraction of sp³-hybridized carbons (Fsp3) is 0.400. The third-order valence-electron chi connectivity index (χ3n) is 3.23. The van der Waals surface area contributed by atoms with Gasteiger partial charge in [-0.05, 0) is 31.0 Å². The van der Waals surface area contributed by atoms with Crippen molar-refractivity contribution in [2.45, 2.75) is 22.9 Å². The number of anilines is 1. The standard InChI is InChI=1S/C15H20N4O3S2/c1-9(23-15-19-18-14(16)24-15)13(20)17-7-6-10-4-5-11(21-2)12(8-10)22-3/h4-5,8-9H,6-7H2,1-3H3,(H2,16,18)(H,17,20)/t9-/m0/s1. The molecule has 1 heterocycles. The Labute approximate surface area is 148 Å².